The van der Waals surface area contributed by atoms with Crippen LogP contribution in [-0.4, -0.2) is 50.7 Å². The summed E-state index contributed by atoms with van der Waals surface area (Å²) in [6, 6.07) is 2.84. The Labute approximate surface area is 153 Å². The fraction of sp³-hybridized carbons (Fsp3) is 0.353. The van der Waals surface area contributed by atoms with Crippen molar-refractivity contribution < 1.29 is 24.4 Å². The number of ether oxygens (including phenoxy) is 1. The number of carbonyl (C=O) groups excluding carboxylic acids is 1. The second-order valence-electron chi connectivity index (χ2n) is 6.20. The van der Waals surface area contributed by atoms with Gasteiger partial charge in [0.05, 0.1) is 17.9 Å². The monoisotopic (exact) mass is 374 g/mol. The molecule has 0 spiro atoms. The standard InChI is InChI=1S/C17H18N4O6/c22-16(19-15(17(23)24)12-2-1-7-27-9-12)11-3-4-13(14(8-11)21(25)26)20-6-5-18-10-20/h3-6,8,10,12,15H,1-2,7,9H2,(H,19,22)(H,23,24). The molecule has 0 bridgehead atoms. The van der Waals surface area contributed by atoms with Crippen LogP contribution in [0, 0.1) is 16.0 Å². The number of nitrogens with zero attached hydrogens (tertiary/aromatic N) is 3. The number of imidazole rings is 1. The van der Waals surface area contributed by atoms with Gasteiger partial charge < -0.3 is 19.7 Å². The van der Waals surface area contributed by atoms with Crippen LogP contribution in [0.5, 0.6) is 0 Å². The number of aromatic nitrogens is 2. The van der Waals surface area contributed by atoms with Gasteiger partial charge in [-0.25, -0.2) is 9.78 Å². The molecular formula is C17H18N4O6. The third kappa shape index (κ3) is 4.11. The second-order valence-corrected chi connectivity index (χ2v) is 6.20. The van der Waals surface area contributed by atoms with E-state index >= 15 is 0 Å². The molecule has 10 nitrogen and oxygen atoms in total. The van der Waals surface area contributed by atoms with Gasteiger partial charge in [0.15, 0.2) is 0 Å². The number of carboxylic acids is 1. The van der Waals surface area contributed by atoms with Crippen LogP contribution in [0.1, 0.15) is 23.2 Å². The van der Waals surface area contributed by atoms with Crippen LogP contribution in [0.3, 0.4) is 0 Å². The third-order valence-corrected chi connectivity index (χ3v) is 4.44. The topological polar surface area (TPSA) is 137 Å². The van der Waals surface area contributed by atoms with E-state index in [0.29, 0.717) is 13.0 Å². The Kier molecular flexibility index (Phi) is 5.46. The highest BCUT2D eigenvalue weighted by Gasteiger charge is 2.32. The number of hydrogen-bond acceptors (Lipinski definition) is 6. The van der Waals surface area contributed by atoms with Crippen LogP contribution in [0.25, 0.3) is 5.69 Å². The summed E-state index contributed by atoms with van der Waals surface area (Å²) < 4.78 is 6.75. The van der Waals surface area contributed by atoms with Gasteiger partial charge in [-0.2, -0.15) is 0 Å². The minimum absolute atomic E-state index is 0.00791. The molecule has 1 fully saturated rings. The lowest BCUT2D eigenvalue weighted by molar-refractivity contribution is -0.384. The van der Waals surface area contributed by atoms with Crippen LogP contribution in [0.4, 0.5) is 5.69 Å². The van der Waals surface area contributed by atoms with Crippen molar-refractivity contribution >= 4 is 17.6 Å². The normalized spacial score (nSPS) is 17.9. The highest BCUT2D eigenvalue weighted by Crippen LogP contribution is 2.25. The van der Waals surface area contributed by atoms with Crippen LogP contribution in [-0.2, 0) is 9.53 Å². The summed E-state index contributed by atoms with van der Waals surface area (Å²) in [5.41, 5.74) is -0.0217. The van der Waals surface area contributed by atoms with Gasteiger partial charge in [-0.3, -0.25) is 14.9 Å². The zero-order chi connectivity index (χ0) is 19.4. The summed E-state index contributed by atoms with van der Waals surface area (Å²) in [7, 11) is 0. The number of hydrogen-bond donors (Lipinski definition) is 2. The molecule has 3 rings (SSSR count). The van der Waals surface area contributed by atoms with Crippen molar-refractivity contribution in [2.75, 3.05) is 13.2 Å². The molecule has 27 heavy (non-hydrogen) atoms. The summed E-state index contributed by atoms with van der Waals surface area (Å²) in [5, 5.41) is 23.3. The first-order valence-corrected chi connectivity index (χ1v) is 8.35. The van der Waals surface area contributed by atoms with Crippen molar-refractivity contribution in [3.63, 3.8) is 0 Å². The lowest BCUT2D eigenvalue weighted by Gasteiger charge is -2.28. The summed E-state index contributed by atoms with van der Waals surface area (Å²) in [4.78, 5) is 38.7. The average Bonchev–Trinajstić information content (AvgIpc) is 3.20. The Morgan fingerprint density at radius 3 is 2.85 bits per heavy atom. The van der Waals surface area contributed by atoms with Crippen molar-refractivity contribution in [3.8, 4) is 5.69 Å². The molecule has 1 aliphatic rings. The van der Waals surface area contributed by atoms with Gasteiger partial charge in [0.25, 0.3) is 11.6 Å². The minimum Gasteiger partial charge on any atom is -0.480 e. The molecule has 1 aliphatic heterocycles. The Morgan fingerprint density at radius 1 is 1.44 bits per heavy atom. The Balaban J connectivity index is 1.84. The van der Waals surface area contributed by atoms with E-state index in [0.717, 1.165) is 12.5 Å². The van der Waals surface area contributed by atoms with Crippen molar-refractivity contribution in [2.45, 2.75) is 18.9 Å². The van der Waals surface area contributed by atoms with Gasteiger partial charge in [0.2, 0.25) is 0 Å². The first kappa shape index (κ1) is 18.5. The number of nitro groups is 1. The van der Waals surface area contributed by atoms with Crippen LogP contribution >= 0.6 is 0 Å². The third-order valence-electron chi connectivity index (χ3n) is 4.44. The van der Waals surface area contributed by atoms with Crippen molar-refractivity contribution in [2.24, 2.45) is 5.92 Å². The molecule has 0 saturated carbocycles. The Morgan fingerprint density at radius 2 is 2.26 bits per heavy atom. The van der Waals surface area contributed by atoms with Crippen molar-refractivity contribution in [1.29, 1.82) is 0 Å². The highest BCUT2D eigenvalue weighted by atomic mass is 16.6. The smallest absolute Gasteiger partial charge is 0.326 e. The molecule has 1 saturated heterocycles. The zero-order valence-corrected chi connectivity index (χ0v) is 14.3. The Hall–Kier alpha value is -3.27. The van der Waals surface area contributed by atoms with E-state index in [1.54, 1.807) is 6.20 Å². The fourth-order valence-electron chi connectivity index (χ4n) is 3.07. The number of nitrogens with one attached hydrogen (secondary N) is 1. The van der Waals surface area contributed by atoms with Gasteiger partial charge >= 0.3 is 5.97 Å². The van der Waals surface area contributed by atoms with E-state index < -0.39 is 22.8 Å². The molecule has 2 unspecified atom stereocenters. The molecular weight excluding hydrogens is 356 g/mol. The molecule has 0 aliphatic carbocycles. The average molecular weight is 374 g/mol. The molecule has 1 aromatic heterocycles. The fourth-order valence-corrected chi connectivity index (χ4v) is 3.07. The van der Waals surface area contributed by atoms with E-state index in [4.69, 9.17) is 4.74 Å². The molecule has 2 atom stereocenters. The van der Waals surface area contributed by atoms with Gasteiger partial charge in [-0.15, -0.1) is 0 Å². The van der Waals surface area contributed by atoms with Gasteiger partial charge in [-0.05, 0) is 25.0 Å². The maximum absolute atomic E-state index is 12.5. The second kappa shape index (κ2) is 7.96. The van der Waals surface area contributed by atoms with Gasteiger partial charge in [0.1, 0.15) is 11.7 Å². The SMILES string of the molecule is O=C(NC(C(=O)O)C1CCCOC1)c1ccc(-n2ccnc2)c([N+](=O)[O-])c1. The van der Waals surface area contributed by atoms with E-state index in [2.05, 4.69) is 10.3 Å². The molecule has 2 aromatic rings. The molecule has 0 radical (unpaired) electrons. The molecule has 2 heterocycles. The molecule has 142 valence electrons. The largest absolute Gasteiger partial charge is 0.480 e. The Bertz CT molecular complexity index is 845. The predicted molar refractivity (Wildman–Crippen MR) is 92.7 cm³/mol. The maximum Gasteiger partial charge on any atom is 0.326 e. The minimum atomic E-state index is -1.16. The molecule has 10 heteroatoms. The number of nitro benzene ring substituents is 1. The van der Waals surface area contributed by atoms with Crippen molar-refractivity contribution in [1.82, 2.24) is 14.9 Å². The van der Waals surface area contributed by atoms with Crippen LogP contribution < -0.4 is 5.32 Å². The van der Waals surface area contributed by atoms with Crippen LogP contribution in [0.2, 0.25) is 0 Å². The number of aliphatic carboxylic acids is 1. The lowest BCUT2D eigenvalue weighted by Crippen LogP contribution is -2.48. The summed E-state index contributed by atoms with van der Waals surface area (Å²) in [5.74, 6) is -2.20. The van der Waals surface area contributed by atoms with Gasteiger partial charge in [-0.1, -0.05) is 0 Å². The zero-order valence-electron chi connectivity index (χ0n) is 14.3. The first-order valence-electron chi connectivity index (χ1n) is 8.35. The first-order chi connectivity index (χ1) is 13.0. The number of benzene rings is 1. The number of amides is 1. The van der Waals surface area contributed by atoms with Crippen molar-refractivity contribution in [3.05, 3.63) is 52.6 Å². The number of carbonyl (C=O) groups is 2. The summed E-state index contributed by atoms with van der Waals surface area (Å²) in [6.07, 6.45) is 5.78. The lowest BCUT2D eigenvalue weighted by atomic mass is 9.93. The van der Waals surface area contributed by atoms with Gasteiger partial charge in [0, 0.05) is 36.5 Å². The maximum atomic E-state index is 12.5. The molecule has 1 aromatic carbocycles. The van der Waals surface area contributed by atoms with E-state index in [1.807, 2.05) is 0 Å². The van der Waals surface area contributed by atoms with E-state index in [1.165, 1.54) is 29.2 Å². The molecule has 1 amide bonds. The van der Waals surface area contributed by atoms with E-state index in [9.17, 15) is 24.8 Å². The predicted octanol–water partition coefficient (Wildman–Crippen LogP) is 1.39. The van der Waals surface area contributed by atoms with Crippen LogP contribution in [0.15, 0.2) is 36.9 Å². The summed E-state index contributed by atoms with van der Waals surface area (Å²) in [6.45, 7) is 0.815. The highest BCUT2D eigenvalue weighted by molar-refractivity contribution is 5.97. The summed E-state index contributed by atoms with van der Waals surface area (Å²) >= 11 is 0. The quantitative estimate of drug-likeness (QED) is 0.576. The number of rotatable bonds is 6. The molecule has 2 N–H and O–H groups in total. The number of carboxylic acid groups (broad SMARTS) is 1. The van der Waals surface area contributed by atoms with E-state index in [-0.39, 0.29) is 29.5 Å².